The second-order valence-electron chi connectivity index (χ2n) is 6.43. The number of benzene rings is 1. The number of hydrogen-bond acceptors (Lipinski definition) is 2. The second kappa shape index (κ2) is 4.00. The predicted octanol–water partition coefficient (Wildman–Crippen LogP) is 3.78. The van der Waals surface area contributed by atoms with Crippen molar-refractivity contribution in [2.24, 2.45) is 0 Å². The summed E-state index contributed by atoms with van der Waals surface area (Å²) in [5.74, 6) is 0. The van der Waals surface area contributed by atoms with Crippen LogP contribution in [0.3, 0.4) is 0 Å². The summed E-state index contributed by atoms with van der Waals surface area (Å²) in [6.45, 7) is 12.9. The smallest absolute Gasteiger partial charge is 0.0372 e. The van der Waals surface area contributed by atoms with E-state index in [2.05, 4.69) is 59.0 Å². The SMILES string of the molecule is CC(C)(C)Nc1ccc(C(C)(C)C)c(N)c1. The van der Waals surface area contributed by atoms with Crippen molar-refractivity contribution in [3.63, 3.8) is 0 Å². The van der Waals surface area contributed by atoms with Crippen LogP contribution in [0, 0.1) is 0 Å². The molecule has 0 spiro atoms. The van der Waals surface area contributed by atoms with Crippen molar-refractivity contribution < 1.29 is 0 Å². The molecule has 2 heteroatoms. The van der Waals surface area contributed by atoms with Crippen molar-refractivity contribution in [1.82, 2.24) is 0 Å². The third-order valence-electron chi connectivity index (χ3n) is 2.38. The Morgan fingerprint density at radius 1 is 1.00 bits per heavy atom. The summed E-state index contributed by atoms with van der Waals surface area (Å²) in [5, 5.41) is 3.42. The number of hydrogen-bond donors (Lipinski definition) is 2. The first-order valence-corrected chi connectivity index (χ1v) is 5.78. The van der Waals surface area contributed by atoms with E-state index in [0.29, 0.717) is 0 Å². The van der Waals surface area contributed by atoms with Crippen LogP contribution in [-0.2, 0) is 5.41 Å². The third kappa shape index (κ3) is 3.44. The van der Waals surface area contributed by atoms with Gasteiger partial charge in [-0.05, 0) is 43.9 Å². The Kier molecular flexibility index (Phi) is 3.22. The quantitative estimate of drug-likeness (QED) is 0.707. The van der Waals surface area contributed by atoms with Gasteiger partial charge in [-0.15, -0.1) is 0 Å². The highest BCUT2D eigenvalue weighted by Gasteiger charge is 2.17. The van der Waals surface area contributed by atoms with Gasteiger partial charge in [-0.1, -0.05) is 26.8 Å². The van der Waals surface area contributed by atoms with Crippen LogP contribution in [0.2, 0.25) is 0 Å². The molecule has 1 aromatic rings. The van der Waals surface area contributed by atoms with Gasteiger partial charge >= 0.3 is 0 Å². The van der Waals surface area contributed by atoms with E-state index in [4.69, 9.17) is 5.73 Å². The fourth-order valence-corrected chi connectivity index (χ4v) is 1.76. The molecular weight excluding hydrogens is 196 g/mol. The molecule has 2 nitrogen and oxygen atoms in total. The summed E-state index contributed by atoms with van der Waals surface area (Å²) in [7, 11) is 0. The predicted molar refractivity (Wildman–Crippen MR) is 72.9 cm³/mol. The van der Waals surface area contributed by atoms with Crippen LogP contribution in [0.4, 0.5) is 11.4 Å². The maximum atomic E-state index is 6.09. The minimum atomic E-state index is 0.0652. The van der Waals surface area contributed by atoms with E-state index in [9.17, 15) is 0 Å². The zero-order valence-corrected chi connectivity index (χ0v) is 11.3. The molecule has 0 aliphatic heterocycles. The van der Waals surface area contributed by atoms with Gasteiger partial charge in [0.2, 0.25) is 0 Å². The number of nitrogens with one attached hydrogen (secondary N) is 1. The molecule has 3 N–H and O–H groups in total. The summed E-state index contributed by atoms with van der Waals surface area (Å²) in [5.41, 5.74) is 9.40. The van der Waals surface area contributed by atoms with Gasteiger partial charge in [-0.25, -0.2) is 0 Å². The van der Waals surface area contributed by atoms with E-state index >= 15 is 0 Å². The topological polar surface area (TPSA) is 38.0 Å². The Hall–Kier alpha value is -1.18. The van der Waals surface area contributed by atoms with E-state index < -0.39 is 0 Å². The van der Waals surface area contributed by atoms with Crippen molar-refractivity contribution in [1.29, 1.82) is 0 Å². The average Bonchev–Trinajstić information content (AvgIpc) is 1.97. The van der Waals surface area contributed by atoms with Crippen LogP contribution >= 0.6 is 0 Å². The van der Waals surface area contributed by atoms with Crippen molar-refractivity contribution in [2.45, 2.75) is 52.5 Å². The number of anilines is 2. The molecule has 0 bridgehead atoms. The van der Waals surface area contributed by atoms with Gasteiger partial charge in [0.25, 0.3) is 0 Å². The van der Waals surface area contributed by atoms with Crippen LogP contribution in [0.5, 0.6) is 0 Å². The molecule has 0 saturated carbocycles. The van der Waals surface area contributed by atoms with Gasteiger partial charge in [0.1, 0.15) is 0 Å². The van der Waals surface area contributed by atoms with Crippen LogP contribution < -0.4 is 11.1 Å². The molecule has 0 aromatic heterocycles. The Morgan fingerprint density at radius 2 is 1.56 bits per heavy atom. The highest BCUT2D eigenvalue weighted by atomic mass is 14.9. The lowest BCUT2D eigenvalue weighted by atomic mass is 9.85. The summed E-state index contributed by atoms with van der Waals surface area (Å²) < 4.78 is 0. The average molecular weight is 220 g/mol. The Morgan fingerprint density at radius 3 is 1.94 bits per heavy atom. The first-order chi connectivity index (χ1) is 7.09. The summed E-state index contributed by atoms with van der Waals surface area (Å²) >= 11 is 0. The first kappa shape index (κ1) is 12.9. The van der Waals surface area contributed by atoms with E-state index in [1.807, 2.05) is 6.07 Å². The standard InChI is InChI=1S/C14H24N2/c1-13(2,3)11-8-7-10(9-12(11)15)16-14(4,5)6/h7-9,16H,15H2,1-6H3. The molecule has 16 heavy (non-hydrogen) atoms. The van der Waals surface area contributed by atoms with Gasteiger partial charge < -0.3 is 11.1 Å². The molecular formula is C14H24N2. The van der Waals surface area contributed by atoms with Crippen molar-refractivity contribution >= 4 is 11.4 Å². The monoisotopic (exact) mass is 220 g/mol. The lowest BCUT2D eigenvalue weighted by Crippen LogP contribution is -2.26. The normalized spacial score (nSPS) is 12.6. The molecule has 0 unspecified atom stereocenters. The fourth-order valence-electron chi connectivity index (χ4n) is 1.76. The van der Waals surface area contributed by atoms with E-state index in [0.717, 1.165) is 11.4 Å². The van der Waals surface area contributed by atoms with Crippen LogP contribution in [0.25, 0.3) is 0 Å². The lowest BCUT2D eigenvalue weighted by Gasteiger charge is -2.25. The van der Waals surface area contributed by atoms with Crippen LogP contribution in [0.15, 0.2) is 18.2 Å². The maximum absolute atomic E-state index is 6.09. The molecule has 1 aromatic carbocycles. The van der Waals surface area contributed by atoms with Gasteiger partial charge in [0, 0.05) is 16.9 Å². The zero-order valence-electron chi connectivity index (χ0n) is 11.3. The molecule has 0 aliphatic rings. The summed E-state index contributed by atoms with van der Waals surface area (Å²) in [6, 6.07) is 6.23. The number of rotatable bonds is 1. The molecule has 0 saturated heterocycles. The van der Waals surface area contributed by atoms with E-state index in [-0.39, 0.29) is 11.0 Å². The molecule has 0 heterocycles. The lowest BCUT2D eigenvalue weighted by molar-refractivity contribution is 0.592. The highest BCUT2D eigenvalue weighted by Crippen LogP contribution is 2.30. The van der Waals surface area contributed by atoms with Crippen LogP contribution in [0.1, 0.15) is 47.1 Å². The first-order valence-electron chi connectivity index (χ1n) is 5.78. The van der Waals surface area contributed by atoms with E-state index in [1.54, 1.807) is 0 Å². The second-order valence-corrected chi connectivity index (χ2v) is 6.43. The van der Waals surface area contributed by atoms with Gasteiger partial charge in [-0.3, -0.25) is 0 Å². The highest BCUT2D eigenvalue weighted by molar-refractivity contribution is 5.61. The summed E-state index contributed by atoms with van der Waals surface area (Å²) in [6.07, 6.45) is 0. The van der Waals surface area contributed by atoms with Crippen molar-refractivity contribution in [3.8, 4) is 0 Å². The largest absolute Gasteiger partial charge is 0.398 e. The van der Waals surface area contributed by atoms with Gasteiger partial charge in [0.05, 0.1) is 0 Å². The Balaban J connectivity index is 3.01. The number of nitrogen functional groups attached to an aromatic ring is 1. The van der Waals surface area contributed by atoms with Crippen molar-refractivity contribution in [2.75, 3.05) is 11.1 Å². The minimum absolute atomic E-state index is 0.0652. The Labute approximate surface area is 99.2 Å². The fraction of sp³-hybridized carbons (Fsp3) is 0.571. The molecule has 0 atom stereocenters. The molecule has 1 rings (SSSR count). The zero-order chi connectivity index (χ0) is 12.6. The third-order valence-corrected chi connectivity index (χ3v) is 2.38. The summed E-state index contributed by atoms with van der Waals surface area (Å²) in [4.78, 5) is 0. The van der Waals surface area contributed by atoms with Crippen molar-refractivity contribution in [3.05, 3.63) is 23.8 Å². The number of nitrogens with two attached hydrogens (primary N) is 1. The van der Waals surface area contributed by atoms with Crippen LogP contribution in [-0.4, -0.2) is 5.54 Å². The maximum Gasteiger partial charge on any atom is 0.0372 e. The van der Waals surface area contributed by atoms with Gasteiger partial charge in [-0.2, -0.15) is 0 Å². The van der Waals surface area contributed by atoms with E-state index in [1.165, 1.54) is 5.56 Å². The Bertz CT molecular complexity index is 367. The molecule has 90 valence electrons. The minimum Gasteiger partial charge on any atom is -0.398 e. The molecule has 0 aliphatic carbocycles. The molecule has 0 radical (unpaired) electrons. The van der Waals surface area contributed by atoms with Gasteiger partial charge in [0.15, 0.2) is 0 Å². The molecule has 0 fully saturated rings. The molecule has 0 amide bonds.